The summed E-state index contributed by atoms with van der Waals surface area (Å²) in [5.74, 6) is 5.44. The van der Waals surface area contributed by atoms with Gasteiger partial charge >= 0.3 is 0 Å². The van der Waals surface area contributed by atoms with Gasteiger partial charge in [-0.15, -0.1) is 0 Å². The van der Waals surface area contributed by atoms with Crippen molar-refractivity contribution >= 4 is 0 Å². The van der Waals surface area contributed by atoms with Gasteiger partial charge < -0.3 is 0 Å². The van der Waals surface area contributed by atoms with Crippen molar-refractivity contribution in [2.45, 2.75) is 97.3 Å². The van der Waals surface area contributed by atoms with Gasteiger partial charge in [0.2, 0.25) is 0 Å². The number of hydrogen-bond acceptors (Lipinski definition) is 0. The first-order valence-corrected chi connectivity index (χ1v) is 11.6. The van der Waals surface area contributed by atoms with E-state index in [1.807, 2.05) is 0 Å². The lowest BCUT2D eigenvalue weighted by Crippen LogP contribution is -2.25. The molecule has 3 rings (SSSR count). The molecule has 0 unspecified atom stereocenters. The summed E-state index contributed by atoms with van der Waals surface area (Å²) >= 11 is 0. The summed E-state index contributed by atoms with van der Waals surface area (Å²) in [6.07, 6.45) is 23.0. The first kappa shape index (κ1) is 20.2. The van der Waals surface area contributed by atoms with Gasteiger partial charge in [-0.1, -0.05) is 37.5 Å². The molecule has 0 aromatic heterocycles. The zero-order valence-corrected chi connectivity index (χ0v) is 17.3. The highest BCUT2D eigenvalue weighted by molar-refractivity contribution is 5.08. The molecule has 0 atom stereocenters. The highest BCUT2D eigenvalue weighted by Gasteiger charge is 2.30. The molecule has 0 saturated heterocycles. The zero-order chi connectivity index (χ0) is 18.4. The highest BCUT2D eigenvalue weighted by atomic mass is 19.1. The van der Waals surface area contributed by atoms with Crippen LogP contribution in [-0.2, 0) is 0 Å². The third-order valence-corrected chi connectivity index (χ3v) is 8.09. The summed E-state index contributed by atoms with van der Waals surface area (Å²) in [5, 5.41) is 0. The molecular weight excluding hydrogens is 319 g/mol. The fourth-order valence-electron chi connectivity index (χ4n) is 6.15. The van der Waals surface area contributed by atoms with Crippen LogP contribution in [0.5, 0.6) is 0 Å². The molecule has 0 N–H and O–H groups in total. The molecule has 0 spiro atoms. The topological polar surface area (TPSA) is 0 Å². The third kappa shape index (κ3) is 5.70. The molecule has 148 valence electrons. The molecular formula is C25H41F. The van der Waals surface area contributed by atoms with Gasteiger partial charge in [0, 0.05) is 0 Å². The summed E-state index contributed by atoms with van der Waals surface area (Å²) in [5.41, 5.74) is 1.69. The van der Waals surface area contributed by atoms with Crippen molar-refractivity contribution in [1.29, 1.82) is 0 Å². The van der Waals surface area contributed by atoms with Gasteiger partial charge in [0.1, 0.15) is 0 Å². The number of halogens is 1. The maximum atomic E-state index is 12.2. The Morgan fingerprint density at radius 3 is 1.96 bits per heavy atom. The molecule has 26 heavy (non-hydrogen) atoms. The molecule has 0 bridgehead atoms. The largest absolute Gasteiger partial charge is 0.216 e. The van der Waals surface area contributed by atoms with Gasteiger partial charge in [-0.2, -0.15) is 0 Å². The van der Waals surface area contributed by atoms with Crippen molar-refractivity contribution < 1.29 is 4.39 Å². The molecule has 3 aliphatic carbocycles. The average molecular weight is 361 g/mol. The Kier molecular flexibility index (Phi) is 7.82. The zero-order valence-electron chi connectivity index (χ0n) is 17.3. The van der Waals surface area contributed by atoms with Crippen molar-refractivity contribution in [1.82, 2.24) is 0 Å². The minimum Gasteiger partial charge on any atom is -0.216 e. The first-order valence-electron chi connectivity index (χ1n) is 11.6. The molecule has 0 aromatic rings. The second-order valence-electron chi connectivity index (χ2n) is 9.92. The Labute approximate surface area is 161 Å². The van der Waals surface area contributed by atoms with E-state index in [9.17, 15) is 4.39 Å². The number of hydrogen-bond donors (Lipinski definition) is 0. The van der Waals surface area contributed by atoms with Crippen molar-refractivity contribution in [3.05, 3.63) is 24.1 Å². The second kappa shape index (κ2) is 10.1. The highest BCUT2D eigenvalue weighted by Crippen LogP contribution is 2.43. The normalized spacial score (nSPS) is 40.0. The van der Waals surface area contributed by atoms with E-state index in [4.69, 9.17) is 0 Å². The van der Waals surface area contributed by atoms with E-state index in [2.05, 4.69) is 19.9 Å². The van der Waals surface area contributed by atoms with Crippen LogP contribution in [-0.4, -0.2) is 0 Å². The maximum Gasteiger partial charge on any atom is 0.0827 e. The van der Waals surface area contributed by atoms with Gasteiger partial charge in [0.25, 0.3) is 0 Å². The van der Waals surface area contributed by atoms with Gasteiger partial charge in [0.15, 0.2) is 0 Å². The lowest BCUT2D eigenvalue weighted by atomic mass is 9.68. The van der Waals surface area contributed by atoms with Gasteiger partial charge in [-0.05, 0) is 113 Å². The van der Waals surface area contributed by atoms with Crippen LogP contribution >= 0.6 is 0 Å². The molecule has 0 amide bonds. The molecule has 3 saturated carbocycles. The summed E-state index contributed by atoms with van der Waals surface area (Å²) in [7, 11) is 0. The van der Waals surface area contributed by atoms with E-state index in [-0.39, 0.29) is 0 Å². The SMILES string of the molecule is CC(=CC1CCC(C/C=C/F)CC1)C1CCC(C2CCC(C)CC2)CC1. The summed E-state index contributed by atoms with van der Waals surface area (Å²) in [4.78, 5) is 0. The molecule has 0 aliphatic heterocycles. The van der Waals surface area contributed by atoms with Crippen molar-refractivity contribution in [2.75, 3.05) is 0 Å². The Balaban J connectivity index is 1.40. The quantitative estimate of drug-likeness (QED) is 0.433. The average Bonchev–Trinajstić information content (AvgIpc) is 2.68. The Hall–Kier alpha value is -0.590. The monoisotopic (exact) mass is 360 g/mol. The lowest BCUT2D eigenvalue weighted by molar-refractivity contribution is 0.158. The summed E-state index contributed by atoms with van der Waals surface area (Å²) in [6, 6.07) is 0. The third-order valence-electron chi connectivity index (χ3n) is 8.09. The predicted molar refractivity (Wildman–Crippen MR) is 111 cm³/mol. The summed E-state index contributed by atoms with van der Waals surface area (Å²) in [6.45, 7) is 4.84. The number of rotatable bonds is 5. The van der Waals surface area contributed by atoms with E-state index in [1.54, 1.807) is 11.6 Å². The van der Waals surface area contributed by atoms with E-state index in [0.29, 0.717) is 0 Å². The molecule has 1 heteroatoms. The second-order valence-corrected chi connectivity index (χ2v) is 9.92. The van der Waals surface area contributed by atoms with Crippen LogP contribution in [0.25, 0.3) is 0 Å². The maximum absolute atomic E-state index is 12.2. The molecule has 0 aromatic carbocycles. The van der Waals surface area contributed by atoms with E-state index >= 15 is 0 Å². The smallest absolute Gasteiger partial charge is 0.0827 e. The first-order chi connectivity index (χ1) is 12.7. The predicted octanol–water partition coefficient (Wildman–Crippen LogP) is 8.25. The van der Waals surface area contributed by atoms with Gasteiger partial charge in [-0.3, -0.25) is 0 Å². The molecule has 0 heterocycles. The van der Waals surface area contributed by atoms with Crippen molar-refractivity contribution in [2.24, 2.45) is 35.5 Å². The molecule has 3 fully saturated rings. The molecule has 0 nitrogen and oxygen atoms in total. The van der Waals surface area contributed by atoms with Gasteiger partial charge in [-0.25, -0.2) is 4.39 Å². The fraction of sp³-hybridized carbons (Fsp3) is 0.840. The van der Waals surface area contributed by atoms with Crippen LogP contribution in [0.2, 0.25) is 0 Å². The van der Waals surface area contributed by atoms with Gasteiger partial charge in [0.05, 0.1) is 6.33 Å². The van der Waals surface area contributed by atoms with Crippen LogP contribution in [0, 0.1) is 35.5 Å². The van der Waals surface area contributed by atoms with E-state index < -0.39 is 0 Å². The van der Waals surface area contributed by atoms with Crippen LogP contribution in [0.3, 0.4) is 0 Å². The molecule has 3 aliphatic rings. The van der Waals surface area contributed by atoms with E-state index in [0.717, 1.165) is 48.3 Å². The minimum atomic E-state index is 0.723. The Bertz CT molecular complexity index is 453. The van der Waals surface area contributed by atoms with Crippen LogP contribution in [0.15, 0.2) is 24.1 Å². The Morgan fingerprint density at radius 1 is 0.808 bits per heavy atom. The lowest BCUT2D eigenvalue weighted by Gasteiger charge is -2.38. The van der Waals surface area contributed by atoms with E-state index in [1.165, 1.54) is 77.0 Å². The van der Waals surface area contributed by atoms with Crippen molar-refractivity contribution in [3.8, 4) is 0 Å². The number of allylic oxidation sites excluding steroid dienone is 3. The van der Waals surface area contributed by atoms with Crippen LogP contribution < -0.4 is 0 Å². The Morgan fingerprint density at radius 2 is 1.38 bits per heavy atom. The summed E-state index contributed by atoms with van der Waals surface area (Å²) < 4.78 is 12.2. The van der Waals surface area contributed by atoms with Crippen LogP contribution in [0.1, 0.15) is 97.3 Å². The van der Waals surface area contributed by atoms with Crippen molar-refractivity contribution in [3.63, 3.8) is 0 Å². The molecule has 0 radical (unpaired) electrons. The van der Waals surface area contributed by atoms with Crippen LogP contribution in [0.4, 0.5) is 4.39 Å². The standard InChI is InChI=1S/C25H41F/c1-19-5-11-24(12-6-19)25-15-13-23(14-16-25)20(2)18-22-9-7-21(8-10-22)4-3-17-26/h3,17-19,21-25H,4-16H2,1-2H3/b17-3+,20-18?. The minimum absolute atomic E-state index is 0.723. The fourth-order valence-corrected chi connectivity index (χ4v) is 6.15.